The Bertz CT molecular complexity index is 373. The molecule has 0 aromatic carbocycles. The summed E-state index contributed by atoms with van der Waals surface area (Å²) in [6.07, 6.45) is 2.93. The first kappa shape index (κ1) is 11.1. The van der Waals surface area contributed by atoms with Crippen LogP contribution in [0.3, 0.4) is 0 Å². The molecule has 0 bridgehead atoms. The number of ether oxygens (including phenoxy) is 1. The standard InChI is InChI=1S/C10H16N4O2/c1-2-16-10(15)9-8(12-14-13-9)5-7(11)6-3-4-6/h6-7H,2-5,11H2,1H3,(H,12,13,14). The number of nitrogens with one attached hydrogen (secondary N) is 1. The number of nitrogens with zero attached hydrogens (tertiary/aromatic N) is 2. The van der Waals surface area contributed by atoms with Crippen LogP contribution >= 0.6 is 0 Å². The van der Waals surface area contributed by atoms with Gasteiger partial charge in [-0.1, -0.05) is 0 Å². The molecule has 1 aliphatic carbocycles. The van der Waals surface area contributed by atoms with E-state index in [0.29, 0.717) is 24.6 Å². The summed E-state index contributed by atoms with van der Waals surface area (Å²) in [5, 5.41) is 10.2. The minimum absolute atomic E-state index is 0.0678. The lowest BCUT2D eigenvalue weighted by atomic mass is 10.1. The van der Waals surface area contributed by atoms with E-state index in [9.17, 15) is 4.79 Å². The van der Waals surface area contributed by atoms with Crippen molar-refractivity contribution in [3.63, 3.8) is 0 Å². The lowest BCUT2D eigenvalue weighted by Crippen LogP contribution is -2.26. The number of hydrogen-bond acceptors (Lipinski definition) is 5. The zero-order valence-corrected chi connectivity index (χ0v) is 9.27. The summed E-state index contributed by atoms with van der Waals surface area (Å²) >= 11 is 0. The first-order valence-electron chi connectivity index (χ1n) is 5.54. The van der Waals surface area contributed by atoms with Crippen molar-refractivity contribution in [1.29, 1.82) is 0 Å². The van der Waals surface area contributed by atoms with Gasteiger partial charge in [-0.2, -0.15) is 10.3 Å². The highest BCUT2D eigenvalue weighted by Crippen LogP contribution is 2.32. The molecule has 88 valence electrons. The Balaban J connectivity index is 2.03. The van der Waals surface area contributed by atoms with Crippen molar-refractivity contribution < 1.29 is 9.53 Å². The fraction of sp³-hybridized carbons (Fsp3) is 0.700. The van der Waals surface area contributed by atoms with E-state index in [-0.39, 0.29) is 11.7 Å². The van der Waals surface area contributed by atoms with Crippen LogP contribution in [-0.2, 0) is 11.2 Å². The number of esters is 1. The number of carbonyl (C=O) groups excluding carboxylic acids is 1. The largest absolute Gasteiger partial charge is 0.461 e. The van der Waals surface area contributed by atoms with E-state index in [0.717, 1.165) is 0 Å². The van der Waals surface area contributed by atoms with Gasteiger partial charge in [0.05, 0.1) is 12.3 Å². The fourth-order valence-corrected chi connectivity index (χ4v) is 1.67. The summed E-state index contributed by atoms with van der Waals surface area (Å²) in [6, 6.07) is 0.0678. The Morgan fingerprint density at radius 1 is 1.62 bits per heavy atom. The van der Waals surface area contributed by atoms with Gasteiger partial charge >= 0.3 is 5.97 Å². The zero-order valence-electron chi connectivity index (χ0n) is 9.27. The Morgan fingerprint density at radius 3 is 3.00 bits per heavy atom. The van der Waals surface area contributed by atoms with Gasteiger partial charge in [0.25, 0.3) is 0 Å². The second kappa shape index (κ2) is 4.61. The topological polar surface area (TPSA) is 93.9 Å². The van der Waals surface area contributed by atoms with Crippen molar-refractivity contribution in [2.45, 2.75) is 32.2 Å². The third-order valence-corrected chi connectivity index (χ3v) is 2.75. The van der Waals surface area contributed by atoms with Crippen LogP contribution in [0.4, 0.5) is 0 Å². The third-order valence-electron chi connectivity index (χ3n) is 2.75. The quantitative estimate of drug-likeness (QED) is 0.700. The molecule has 1 fully saturated rings. The molecule has 1 aliphatic rings. The lowest BCUT2D eigenvalue weighted by molar-refractivity contribution is 0.0518. The second-order valence-electron chi connectivity index (χ2n) is 4.04. The highest BCUT2D eigenvalue weighted by Gasteiger charge is 2.30. The molecule has 1 aromatic heterocycles. The van der Waals surface area contributed by atoms with Gasteiger partial charge in [-0.15, -0.1) is 5.10 Å². The molecule has 2 rings (SSSR count). The maximum atomic E-state index is 11.5. The molecule has 0 saturated heterocycles. The van der Waals surface area contributed by atoms with Crippen molar-refractivity contribution in [3.05, 3.63) is 11.4 Å². The van der Waals surface area contributed by atoms with Crippen LogP contribution in [0.5, 0.6) is 0 Å². The molecule has 1 atom stereocenters. The predicted octanol–water partition coefficient (Wildman–Crippen LogP) is 0.261. The van der Waals surface area contributed by atoms with Crippen molar-refractivity contribution in [1.82, 2.24) is 15.4 Å². The van der Waals surface area contributed by atoms with E-state index in [1.54, 1.807) is 6.92 Å². The Kier molecular flexibility index (Phi) is 3.19. The molecular weight excluding hydrogens is 208 g/mol. The lowest BCUT2D eigenvalue weighted by Gasteiger charge is -2.08. The van der Waals surface area contributed by atoms with Gasteiger partial charge in [0, 0.05) is 12.5 Å². The van der Waals surface area contributed by atoms with E-state index in [1.165, 1.54) is 12.8 Å². The minimum atomic E-state index is -0.436. The molecule has 1 unspecified atom stereocenters. The van der Waals surface area contributed by atoms with Crippen molar-refractivity contribution in [2.24, 2.45) is 11.7 Å². The number of carbonyl (C=O) groups is 1. The monoisotopic (exact) mass is 224 g/mol. The van der Waals surface area contributed by atoms with Crippen LogP contribution in [0.2, 0.25) is 0 Å². The first-order chi connectivity index (χ1) is 7.72. The summed E-state index contributed by atoms with van der Waals surface area (Å²) in [6.45, 7) is 2.09. The van der Waals surface area contributed by atoms with Gasteiger partial charge in [0.2, 0.25) is 0 Å². The molecule has 1 saturated carbocycles. The summed E-state index contributed by atoms with van der Waals surface area (Å²) in [5.41, 5.74) is 6.85. The summed E-state index contributed by atoms with van der Waals surface area (Å²) in [4.78, 5) is 11.5. The van der Waals surface area contributed by atoms with E-state index >= 15 is 0 Å². The van der Waals surface area contributed by atoms with Crippen LogP contribution in [0.15, 0.2) is 0 Å². The number of H-pyrrole nitrogens is 1. The highest BCUT2D eigenvalue weighted by atomic mass is 16.5. The number of hydrogen-bond donors (Lipinski definition) is 2. The van der Waals surface area contributed by atoms with Crippen molar-refractivity contribution in [2.75, 3.05) is 6.61 Å². The first-order valence-corrected chi connectivity index (χ1v) is 5.54. The molecule has 0 radical (unpaired) electrons. The molecule has 3 N–H and O–H groups in total. The summed E-state index contributed by atoms with van der Waals surface area (Å²) < 4.78 is 4.88. The number of aromatic nitrogens is 3. The van der Waals surface area contributed by atoms with Gasteiger partial charge in [0.1, 0.15) is 0 Å². The van der Waals surface area contributed by atoms with Crippen LogP contribution in [0.1, 0.15) is 35.9 Å². The number of nitrogens with two attached hydrogens (primary N) is 1. The van der Waals surface area contributed by atoms with Crippen LogP contribution in [0, 0.1) is 5.92 Å². The zero-order chi connectivity index (χ0) is 11.5. The maximum absolute atomic E-state index is 11.5. The number of aromatic amines is 1. The molecular formula is C10H16N4O2. The Hall–Kier alpha value is -1.43. The highest BCUT2D eigenvalue weighted by molar-refractivity contribution is 5.88. The van der Waals surface area contributed by atoms with Gasteiger partial charge in [-0.25, -0.2) is 4.79 Å². The van der Waals surface area contributed by atoms with Crippen molar-refractivity contribution in [3.8, 4) is 0 Å². The third kappa shape index (κ3) is 2.38. The van der Waals surface area contributed by atoms with Gasteiger partial charge in [-0.05, 0) is 25.7 Å². The number of rotatable bonds is 5. The van der Waals surface area contributed by atoms with Gasteiger partial charge in [0.15, 0.2) is 5.69 Å². The predicted molar refractivity (Wildman–Crippen MR) is 56.7 cm³/mol. The Labute approximate surface area is 93.5 Å². The average molecular weight is 224 g/mol. The van der Waals surface area contributed by atoms with Crippen LogP contribution < -0.4 is 5.73 Å². The van der Waals surface area contributed by atoms with Crippen LogP contribution in [-0.4, -0.2) is 34.0 Å². The van der Waals surface area contributed by atoms with Crippen LogP contribution in [0.25, 0.3) is 0 Å². The molecule has 0 spiro atoms. The molecule has 0 amide bonds. The summed E-state index contributed by atoms with van der Waals surface area (Å²) in [7, 11) is 0. The fourth-order valence-electron chi connectivity index (χ4n) is 1.67. The normalized spacial score (nSPS) is 17.1. The van der Waals surface area contributed by atoms with Crippen molar-refractivity contribution >= 4 is 5.97 Å². The molecule has 1 aromatic rings. The van der Waals surface area contributed by atoms with Gasteiger partial charge in [-0.3, -0.25) is 0 Å². The molecule has 16 heavy (non-hydrogen) atoms. The van der Waals surface area contributed by atoms with E-state index in [4.69, 9.17) is 10.5 Å². The second-order valence-corrected chi connectivity index (χ2v) is 4.04. The van der Waals surface area contributed by atoms with E-state index < -0.39 is 5.97 Å². The Morgan fingerprint density at radius 2 is 2.38 bits per heavy atom. The average Bonchev–Trinajstić information content (AvgIpc) is 3.00. The van der Waals surface area contributed by atoms with E-state index in [2.05, 4.69) is 15.4 Å². The molecule has 1 heterocycles. The minimum Gasteiger partial charge on any atom is -0.461 e. The smallest absolute Gasteiger partial charge is 0.360 e. The summed E-state index contributed by atoms with van der Waals surface area (Å²) in [5.74, 6) is 0.140. The molecule has 6 heteroatoms. The van der Waals surface area contributed by atoms with Gasteiger partial charge < -0.3 is 10.5 Å². The molecule has 6 nitrogen and oxygen atoms in total. The molecule has 0 aliphatic heterocycles. The SMILES string of the molecule is CCOC(=O)c1n[nH]nc1CC(N)C1CC1. The maximum Gasteiger partial charge on any atom is 0.360 e. The van der Waals surface area contributed by atoms with E-state index in [1.807, 2.05) is 0 Å².